The summed E-state index contributed by atoms with van der Waals surface area (Å²) in [4.78, 5) is 71.2. The number of amides is 4. The number of aromatic nitrogens is 1. The number of H-pyrrole nitrogens is 1. The Morgan fingerprint density at radius 2 is 1.79 bits per heavy atom. The van der Waals surface area contributed by atoms with E-state index >= 15 is 0 Å². The Balaban J connectivity index is 1.22. The fourth-order valence-corrected chi connectivity index (χ4v) is 6.81. The normalized spacial score (nSPS) is 24.5. The van der Waals surface area contributed by atoms with Crippen LogP contribution < -0.4 is 16.0 Å². The predicted octanol–water partition coefficient (Wildman–Crippen LogP) is 2.16. The fourth-order valence-electron chi connectivity index (χ4n) is 6.81. The van der Waals surface area contributed by atoms with Crippen molar-refractivity contribution in [1.82, 2.24) is 25.8 Å². The lowest BCUT2D eigenvalue weighted by Gasteiger charge is -2.31. The summed E-state index contributed by atoms with van der Waals surface area (Å²) in [5.74, 6) is -3.04. The zero-order valence-corrected chi connectivity index (χ0v) is 23.7. The van der Waals surface area contributed by atoms with Gasteiger partial charge in [-0.25, -0.2) is 0 Å². The third-order valence-electron chi connectivity index (χ3n) is 9.33. The number of likely N-dealkylation sites (tertiary alicyclic amines) is 1. The van der Waals surface area contributed by atoms with Gasteiger partial charge in [0.1, 0.15) is 11.7 Å². The van der Waals surface area contributed by atoms with Crippen molar-refractivity contribution in [3.8, 4) is 0 Å². The molecule has 3 fully saturated rings. The minimum absolute atomic E-state index is 0.00926. The number of piperidine rings is 1. The number of para-hydroxylation sites is 1. The molecule has 0 radical (unpaired) electrons. The molecule has 3 heterocycles. The van der Waals surface area contributed by atoms with Crippen molar-refractivity contribution in [2.45, 2.75) is 45.3 Å². The van der Waals surface area contributed by atoms with Gasteiger partial charge in [0.15, 0.2) is 0 Å². The number of rotatable bonds is 9. The molecule has 4 amide bonds. The second kappa shape index (κ2) is 10.7. The molecule has 0 bridgehead atoms. The van der Waals surface area contributed by atoms with Crippen LogP contribution in [-0.4, -0.2) is 64.5 Å². The van der Waals surface area contributed by atoms with Gasteiger partial charge in [0.25, 0.3) is 11.8 Å². The molecule has 5 atom stereocenters. The molecule has 10 nitrogen and oxygen atoms in total. The Bertz CT molecular complexity index is 1530. The molecule has 218 valence electrons. The van der Waals surface area contributed by atoms with Gasteiger partial charge in [-0.1, -0.05) is 62.4 Å². The lowest BCUT2D eigenvalue weighted by Crippen LogP contribution is -2.55. The smallest absolute Gasteiger partial charge is 0.289 e. The summed E-state index contributed by atoms with van der Waals surface area (Å²) in [5, 5.41) is 9.10. The first-order valence-corrected chi connectivity index (χ1v) is 14.5. The second-order valence-corrected chi connectivity index (χ2v) is 12.2. The van der Waals surface area contributed by atoms with Crippen LogP contribution in [0.5, 0.6) is 0 Å². The van der Waals surface area contributed by atoms with Crippen LogP contribution >= 0.6 is 0 Å². The van der Waals surface area contributed by atoms with Crippen LogP contribution in [0.1, 0.15) is 42.7 Å². The molecule has 3 aromatic rings. The highest BCUT2D eigenvalue weighted by Crippen LogP contribution is 2.65. The van der Waals surface area contributed by atoms with Crippen LogP contribution in [0.4, 0.5) is 0 Å². The third kappa shape index (κ3) is 5.06. The number of carbonyl (C=O) groups is 5. The molecule has 1 aromatic heterocycles. The maximum Gasteiger partial charge on any atom is 0.289 e. The quantitative estimate of drug-likeness (QED) is 0.293. The van der Waals surface area contributed by atoms with Crippen molar-refractivity contribution < 1.29 is 24.0 Å². The van der Waals surface area contributed by atoms with E-state index in [2.05, 4.69) is 34.8 Å². The number of hydrogen-bond donors (Lipinski definition) is 4. The van der Waals surface area contributed by atoms with Gasteiger partial charge < -0.3 is 25.8 Å². The number of hydrogen-bond acceptors (Lipinski definition) is 5. The molecule has 2 aliphatic heterocycles. The molecule has 1 saturated carbocycles. The number of carbonyl (C=O) groups excluding carboxylic acids is 5. The van der Waals surface area contributed by atoms with E-state index in [1.165, 1.54) is 0 Å². The average Bonchev–Trinajstić information content (AvgIpc) is 3.50. The average molecular weight is 570 g/mol. The molecule has 2 saturated heterocycles. The lowest BCUT2D eigenvalue weighted by atomic mass is 9.94. The van der Waals surface area contributed by atoms with Crippen LogP contribution in [0.15, 0.2) is 60.7 Å². The molecule has 42 heavy (non-hydrogen) atoms. The van der Waals surface area contributed by atoms with Gasteiger partial charge in [-0.3, -0.25) is 24.0 Å². The zero-order chi connectivity index (χ0) is 29.6. The summed E-state index contributed by atoms with van der Waals surface area (Å²) in [6.45, 7) is 5.21. The zero-order valence-electron chi connectivity index (χ0n) is 23.7. The molecule has 3 aliphatic rings. The monoisotopic (exact) mass is 569 g/mol. The van der Waals surface area contributed by atoms with E-state index in [9.17, 15) is 24.0 Å². The molecular formula is C32H35N5O5. The Morgan fingerprint density at radius 1 is 1.05 bits per heavy atom. The number of nitrogens with one attached hydrogen (secondary N) is 4. The van der Waals surface area contributed by atoms with Crippen molar-refractivity contribution in [2.75, 3.05) is 13.1 Å². The van der Waals surface area contributed by atoms with Gasteiger partial charge in [0.05, 0.1) is 6.04 Å². The van der Waals surface area contributed by atoms with E-state index in [4.69, 9.17) is 0 Å². The van der Waals surface area contributed by atoms with Crippen LogP contribution in [0.25, 0.3) is 10.9 Å². The molecule has 1 unspecified atom stereocenters. The molecule has 6 rings (SSSR count). The van der Waals surface area contributed by atoms with Gasteiger partial charge in [0.2, 0.25) is 17.6 Å². The molecule has 2 aromatic carbocycles. The van der Waals surface area contributed by atoms with Crippen LogP contribution in [0.3, 0.4) is 0 Å². The fraction of sp³-hybridized carbons (Fsp3) is 0.406. The summed E-state index contributed by atoms with van der Waals surface area (Å²) >= 11 is 0. The topological polar surface area (TPSA) is 140 Å². The van der Waals surface area contributed by atoms with Crippen molar-refractivity contribution in [2.24, 2.45) is 23.2 Å². The first kappa shape index (κ1) is 27.7. The molecule has 4 N–H and O–H groups in total. The van der Waals surface area contributed by atoms with E-state index in [0.29, 0.717) is 25.2 Å². The van der Waals surface area contributed by atoms with Crippen molar-refractivity contribution >= 4 is 40.3 Å². The van der Waals surface area contributed by atoms with Gasteiger partial charge in [-0.15, -0.1) is 0 Å². The maximum atomic E-state index is 14.0. The summed E-state index contributed by atoms with van der Waals surface area (Å²) in [6.07, 6.45) is 0.519. The first-order chi connectivity index (χ1) is 20.1. The molecule has 1 aliphatic carbocycles. The minimum Gasteiger partial charge on any atom is -0.356 e. The van der Waals surface area contributed by atoms with Crippen molar-refractivity contribution in [3.63, 3.8) is 0 Å². The standard InChI is InChI=1S/C32H35N5O5/c1-32(2)21-17-37(31(42)24-14-19-10-6-7-11-22(19)35-24)26(25(21)32)29(40)36-23(15-20-12-13-33-28(20)39)27(38)30(41)34-16-18-8-4-3-5-9-18/h3-11,14,20-21,23,25-26,35H,12-13,15-17H2,1-2H3,(H,33,39)(H,34,41)(H,36,40)/t20-,21-,23?,25-,26-/m0/s1. The highest BCUT2D eigenvalue weighted by atomic mass is 16.2. The Hall–Kier alpha value is -4.47. The minimum atomic E-state index is -1.20. The summed E-state index contributed by atoms with van der Waals surface area (Å²) < 4.78 is 0. The summed E-state index contributed by atoms with van der Waals surface area (Å²) in [6, 6.07) is 16.6. The number of nitrogens with zero attached hydrogens (tertiary/aromatic N) is 1. The third-order valence-corrected chi connectivity index (χ3v) is 9.33. The second-order valence-electron chi connectivity index (χ2n) is 12.2. The van der Waals surface area contributed by atoms with Crippen molar-refractivity contribution in [3.05, 3.63) is 71.9 Å². The number of Topliss-reactive ketones (excluding diaryl/α,β-unsaturated/α-hetero) is 1. The van der Waals surface area contributed by atoms with Gasteiger partial charge >= 0.3 is 0 Å². The van der Waals surface area contributed by atoms with Crippen LogP contribution in [-0.2, 0) is 25.7 Å². The van der Waals surface area contributed by atoms with Gasteiger partial charge in [0, 0.05) is 36.5 Å². The number of benzene rings is 2. The van der Waals surface area contributed by atoms with E-state index < -0.39 is 35.6 Å². The van der Waals surface area contributed by atoms with Crippen molar-refractivity contribution in [1.29, 1.82) is 0 Å². The maximum absolute atomic E-state index is 14.0. The summed E-state index contributed by atoms with van der Waals surface area (Å²) in [5.41, 5.74) is 1.91. The van der Waals surface area contributed by atoms with Crippen LogP contribution in [0, 0.1) is 23.2 Å². The van der Waals surface area contributed by atoms with E-state index in [-0.39, 0.29) is 42.0 Å². The SMILES string of the molecule is CC1(C)[C@@H]2[C@@H](C(=O)NC(C[C@@H]3CCNC3=O)C(=O)C(=O)NCc3ccccc3)N(C(=O)c3cc4ccccc4[nH]3)C[C@@H]21. The van der Waals surface area contributed by atoms with E-state index in [0.717, 1.165) is 16.5 Å². The molecule has 0 spiro atoms. The first-order valence-electron chi connectivity index (χ1n) is 14.5. The Morgan fingerprint density at radius 3 is 2.50 bits per heavy atom. The Kier molecular flexibility index (Phi) is 7.08. The lowest BCUT2D eigenvalue weighted by molar-refractivity contribution is -0.141. The van der Waals surface area contributed by atoms with E-state index in [1.54, 1.807) is 11.0 Å². The van der Waals surface area contributed by atoms with E-state index in [1.807, 2.05) is 54.6 Å². The molecular weight excluding hydrogens is 534 g/mol. The number of ketones is 1. The Labute approximate surface area is 243 Å². The highest BCUT2D eigenvalue weighted by molar-refractivity contribution is 6.38. The largest absolute Gasteiger partial charge is 0.356 e. The number of fused-ring (bicyclic) bond motifs is 2. The predicted molar refractivity (Wildman–Crippen MR) is 155 cm³/mol. The molecule has 10 heteroatoms. The van der Waals surface area contributed by atoms with Crippen LogP contribution in [0.2, 0.25) is 0 Å². The van der Waals surface area contributed by atoms with Gasteiger partial charge in [-0.2, -0.15) is 0 Å². The summed E-state index contributed by atoms with van der Waals surface area (Å²) in [7, 11) is 0. The highest BCUT2D eigenvalue weighted by Gasteiger charge is 2.69. The van der Waals surface area contributed by atoms with Gasteiger partial charge in [-0.05, 0) is 47.8 Å². The number of aromatic amines is 1.